The second-order valence-corrected chi connectivity index (χ2v) is 7.68. The maximum Gasteiger partial charge on any atom is 0.255 e. The number of hydrogen-bond donors (Lipinski definition) is 1. The number of likely N-dealkylation sites (N-methyl/N-ethyl adjacent to an activating group) is 1. The summed E-state index contributed by atoms with van der Waals surface area (Å²) in [6.45, 7) is 10.1. The largest absolute Gasteiger partial charge is 0.494 e. The normalized spacial score (nSPS) is 14.7. The first-order chi connectivity index (χ1) is 14.1. The number of unbranched alkanes of at least 4 members (excludes halogenated alkanes) is 1. The van der Waals surface area contributed by atoms with Crippen LogP contribution in [0.4, 0.5) is 11.4 Å². The van der Waals surface area contributed by atoms with Crippen molar-refractivity contribution in [2.45, 2.75) is 26.7 Å². The third-order valence-corrected chi connectivity index (χ3v) is 5.55. The quantitative estimate of drug-likeness (QED) is 0.622. The Morgan fingerprint density at radius 3 is 2.41 bits per heavy atom. The van der Waals surface area contributed by atoms with Gasteiger partial charge in [-0.2, -0.15) is 0 Å². The average molecular weight is 416 g/mol. The third kappa shape index (κ3) is 5.87. The highest BCUT2D eigenvalue weighted by Crippen LogP contribution is 2.30. The lowest BCUT2D eigenvalue weighted by atomic mass is 10.2. The molecular weight excluding hydrogens is 386 g/mol. The van der Waals surface area contributed by atoms with Crippen molar-refractivity contribution in [3.05, 3.63) is 53.1 Å². The molecular formula is C23H30ClN3O2. The number of rotatable bonds is 8. The van der Waals surface area contributed by atoms with Crippen molar-refractivity contribution in [2.75, 3.05) is 49.5 Å². The zero-order chi connectivity index (χ0) is 20.6. The summed E-state index contributed by atoms with van der Waals surface area (Å²) in [6.07, 6.45) is 2.12. The standard InChI is InChI=1S/C23H30ClN3O2/c1-3-5-16-29-20-9-6-18(7-10-20)23(28)25-19-8-11-22(21(24)17-19)27-14-12-26(4-2)13-15-27/h6-11,17H,3-5,12-16H2,1-2H3,(H,25,28). The SMILES string of the molecule is CCCCOc1ccc(C(=O)Nc2ccc(N3CCN(CC)CC3)c(Cl)c2)cc1. The van der Waals surface area contributed by atoms with E-state index in [9.17, 15) is 4.79 Å². The van der Waals surface area contributed by atoms with Crippen molar-refractivity contribution >= 4 is 28.9 Å². The van der Waals surface area contributed by atoms with E-state index in [1.54, 1.807) is 12.1 Å². The predicted molar refractivity (Wildman–Crippen MR) is 121 cm³/mol. The summed E-state index contributed by atoms with van der Waals surface area (Å²) in [5.74, 6) is 0.621. The number of carbonyl (C=O) groups excluding carboxylic acids is 1. The first kappa shape index (κ1) is 21.5. The van der Waals surface area contributed by atoms with E-state index in [0.717, 1.165) is 57.0 Å². The van der Waals surface area contributed by atoms with Gasteiger partial charge in [0.25, 0.3) is 5.91 Å². The van der Waals surface area contributed by atoms with Gasteiger partial charge < -0.3 is 19.9 Å². The van der Waals surface area contributed by atoms with Crippen LogP contribution in [0.2, 0.25) is 5.02 Å². The number of benzene rings is 2. The van der Waals surface area contributed by atoms with Crippen LogP contribution in [-0.2, 0) is 0 Å². The molecule has 0 atom stereocenters. The average Bonchev–Trinajstić information content (AvgIpc) is 2.75. The summed E-state index contributed by atoms with van der Waals surface area (Å²) in [6, 6.07) is 12.9. The van der Waals surface area contributed by atoms with Crippen LogP contribution in [0.5, 0.6) is 5.75 Å². The molecule has 1 N–H and O–H groups in total. The molecule has 1 aliphatic rings. The van der Waals surface area contributed by atoms with Gasteiger partial charge in [0.05, 0.1) is 17.3 Å². The van der Waals surface area contributed by atoms with Crippen molar-refractivity contribution in [3.63, 3.8) is 0 Å². The van der Waals surface area contributed by atoms with Crippen LogP contribution < -0.4 is 15.0 Å². The summed E-state index contributed by atoms with van der Waals surface area (Å²) >= 11 is 6.52. The van der Waals surface area contributed by atoms with E-state index >= 15 is 0 Å². The van der Waals surface area contributed by atoms with Gasteiger partial charge in [-0.3, -0.25) is 4.79 Å². The molecule has 1 saturated heterocycles. The summed E-state index contributed by atoms with van der Waals surface area (Å²) in [4.78, 5) is 17.3. The van der Waals surface area contributed by atoms with Gasteiger partial charge in [0, 0.05) is 37.4 Å². The highest BCUT2D eigenvalue weighted by Gasteiger charge is 2.18. The number of ether oxygens (including phenoxy) is 1. The number of carbonyl (C=O) groups is 1. The zero-order valence-electron chi connectivity index (χ0n) is 17.3. The fourth-order valence-corrected chi connectivity index (χ4v) is 3.69. The second kappa shape index (κ2) is 10.5. The Bertz CT molecular complexity index is 802. The Hall–Kier alpha value is -2.24. The van der Waals surface area contributed by atoms with E-state index in [1.807, 2.05) is 30.3 Å². The summed E-state index contributed by atoms with van der Waals surface area (Å²) < 4.78 is 5.64. The monoisotopic (exact) mass is 415 g/mol. The molecule has 6 heteroatoms. The Labute approximate surface area is 178 Å². The maximum absolute atomic E-state index is 12.5. The number of nitrogens with one attached hydrogen (secondary N) is 1. The minimum atomic E-state index is -0.162. The van der Waals surface area contributed by atoms with E-state index in [-0.39, 0.29) is 5.91 Å². The molecule has 0 aliphatic carbocycles. The summed E-state index contributed by atoms with van der Waals surface area (Å²) in [5.41, 5.74) is 2.30. The Morgan fingerprint density at radius 2 is 1.79 bits per heavy atom. The van der Waals surface area contributed by atoms with Crippen LogP contribution in [0.15, 0.2) is 42.5 Å². The molecule has 1 amide bonds. The number of piperazine rings is 1. The van der Waals surface area contributed by atoms with Crippen LogP contribution in [0, 0.1) is 0 Å². The molecule has 0 aromatic heterocycles. The molecule has 0 unspecified atom stereocenters. The number of anilines is 2. The van der Waals surface area contributed by atoms with Gasteiger partial charge in [-0.15, -0.1) is 0 Å². The molecule has 0 saturated carbocycles. The van der Waals surface area contributed by atoms with Crippen molar-refractivity contribution < 1.29 is 9.53 Å². The van der Waals surface area contributed by atoms with Gasteiger partial charge in [0.1, 0.15) is 5.75 Å². The maximum atomic E-state index is 12.5. The zero-order valence-corrected chi connectivity index (χ0v) is 18.0. The molecule has 0 spiro atoms. The van der Waals surface area contributed by atoms with E-state index < -0.39 is 0 Å². The molecule has 29 heavy (non-hydrogen) atoms. The number of hydrogen-bond acceptors (Lipinski definition) is 4. The summed E-state index contributed by atoms with van der Waals surface area (Å²) in [7, 11) is 0. The van der Waals surface area contributed by atoms with E-state index in [1.165, 1.54) is 0 Å². The lowest BCUT2D eigenvalue weighted by Gasteiger charge is -2.36. The molecule has 156 valence electrons. The highest BCUT2D eigenvalue weighted by atomic mass is 35.5. The fourth-order valence-electron chi connectivity index (χ4n) is 3.39. The van der Waals surface area contributed by atoms with Gasteiger partial charge in [-0.05, 0) is 55.4 Å². The van der Waals surface area contributed by atoms with E-state index in [0.29, 0.717) is 22.9 Å². The van der Waals surface area contributed by atoms with Crippen LogP contribution in [0.25, 0.3) is 0 Å². The number of halogens is 1. The molecule has 1 aliphatic heterocycles. The van der Waals surface area contributed by atoms with Crippen molar-refractivity contribution in [2.24, 2.45) is 0 Å². The smallest absolute Gasteiger partial charge is 0.255 e. The van der Waals surface area contributed by atoms with Crippen LogP contribution >= 0.6 is 11.6 Å². The first-order valence-corrected chi connectivity index (χ1v) is 10.8. The Morgan fingerprint density at radius 1 is 1.07 bits per heavy atom. The lowest BCUT2D eigenvalue weighted by Crippen LogP contribution is -2.46. The molecule has 0 radical (unpaired) electrons. The van der Waals surface area contributed by atoms with E-state index in [4.69, 9.17) is 16.3 Å². The molecule has 1 heterocycles. The third-order valence-electron chi connectivity index (χ3n) is 5.25. The Kier molecular flexibility index (Phi) is 7.78. The number of nitrogens with zero attached hydrogens (tertiary/aromatic N) is 2. The summed E-state index contributed by atoms with van der Waals surface area (Å²) in [5, 5.41) is 3.59. The van der Waals surface area contributed by atoms with Crippen LogP contribution in [0.3, 0.4) is 0 Å². The highest BCUT2D eigenvalue weighted by molar-refractivity contribution is 6.33. The van der Waals surface area contributed by atoms with Crippen molar-refractivity contribution in [3.8, 4) is 5.75 Å². The molecule has 0 bridgehead atoms. The lowest BCUT2D eigenvalue weighted by molar-refractivity contribution is 0.102. The topological polar surface area (TPSA) is 44.8 Å². The minimum absolute atomic E-state index is 0.162. The van der Waals surface area contributed by atoms with Crippen LogP contribution in [-0.4, -0.2) is 50.1 Å². The molecule has 1 fully saturated rings. The van der Waals surface area contributed by atoms with Crippen molar-refractivity contribution in [1.29, 1.82) is 0 Å². The molecule has 2 aromatic rings. The van der Waals surface area contributed by atoms with Gasteiger partial charge in [0.15, 0.2) is 0 Å². The van der Waals surface area contributed by atoms with Crippen LogP contribution in [0.1, 0.15) is 37.0 Å². The fraction of sp³-hybridized carbons (Fsp3) is 0.435. The minimum Gasteiger partial charge on any atom is -0.494 e. The van der Waals surface area contributed by atoms with Gasteiger partial charge in [-0.1, -0.05) is 31.9 Å². The molecule has 5 nitrogen and oxygen atoms in total. The predicted octanol–water partition coefficient (Wildman–Crippen LogP) is 4.91. The first-order valence-electron chi connectivity index (χ1n) is 10.4. The van der Waals surface area contributed by atoms with Gasteiger partial charge in [0.2, 0.25) is 0 Å². The molecule has 3 rings (SSSR count). The van der Waals surface area contributed by atoms with E-state index in [2.05, 4.69) is 29.0 Å². The Balaban J connectivity index is 1.58. The van der Waals surface area contributed by atoms with Gasteiger partial charge in [-0.25, -0.2) is 0 Å². The number of amides is 1. The second-order valence-electron chi connectivity index (χ2n) is 7.27. The van der Waals surface area contributed by atoms with Gasteiger partial charge >= 0.3 is 0 Å². The molecule has 2 aromatic carbocycles. The van der Waals surface area contributed by atoms with Crippen molar-refractivity contribution in [1.82, 2.24) is 4.90 Å².